The van der Waals surface area contributed by atoms with Crippen LogP contribution in [0.3, 0.4) is 0 Å². The van der Waals surface area contributed by atoms with Gasteiger partial charge in [0, 0.05) is 37.2 Å². The van der Waals surface area contributed by atoms with Crippen LogP contribution < -0.4 is 5.32 Å². The van der Waals surface area contributed by atoms with E-state index in [1.807, 2.05) is 50.5 Å². The number of amides is 1. The Morgan fingerprint density at radius 1 is 1.00 bits per heavy atom. The maximum atomic E-state index is 13.8. The molecule has 1 atom stereocenters. The number of Topliss-reactive ketones (excluding diaryl/α,β-unsaturated/α-hetero) is 1. The summed E-state index contributed by atoms with van der Waals surface area (Å²) in [5.41, 5.74) is 4.95. The molecule has 6 heteroatoms. The van der Waals surface area contributed by atoms with Crippen molar-refractivity contribution >= 4 is 11.7 Å². The minimum atomic E-state index is -0.462. The average molecular weight is 443 g/mol. The topological polar surface area (TPSA) is 67.2 Å². The van der Waals surface area contributed by atoms with Crippen molar-refractivity contribution in [3.8, 4) is 11.3 Å². The van der Waals surface area contributed by atoms with Gasteiger partial charge in [0.1, 0.15) is 6.04 Å². The number of imidazole rings is 1. The molecule has 2 aliphatic rings. The average Bonchev–Trinajstić information content (AvgIpc) is 3.48. The number of carbonyl (C=O) groups excluding carboxylic acids is 2. The zero-order chi connectivity index (χ0) is 22.9. The van der Waals surface area contributed by atoms with Crippen LogP contribution in [0.2, 0.25) is 0 Å². The number of nitrogens with zero attached hydrogens (tertiary/aromatic N) is 3. The van der Waals surface area contributed by atoms with Crippen molar-refractivity contribution in [1.82, 2.24) is 19.8 Å². The number of hydrogen-bond acceptors (Lipinski definition) is 4. The summed E-state index contributed by atoms with van der Waals surface area (Å²) < 4.78 is 2.17. The summed E-state index contributed by atoms with van der Waals surface area (Å²) in [5.74, 6) is -0.209. The van der Waals surface area contributed by atoms with E-state index in [0.717, 1.165) is 24.1 Å². The first-order valence-electron chi connectivity index (χ1n) is 11.8. The first-order chi connectivity index (χ1) is 16.0. The maximum Gasteiger partial charge on any atom is 0.275 e. The number of nitrogens with one attached hydrogen (secondary N) is 1. The third kappa shape index (κ3) is 4.00. The lowest BCUT2D eigenvalue weighted by molar-refractivity contribution is -0.126. The van der Waals surface area contributed by atoms with Gasteiger partial charge >= 0.3 is 0 Å². The molecule has 33 heavy (non-hydrogen) atoms. The fraction of sp³-hybridized carbons (Fsp3) is 0.370. The van der Waals surface area contributed by atoms with E-state index in [1.54, 1.807) is 4.90 Å². The second-order valence-electron chi connectivity index (χ2n) is 9.32. The SMILES string of the molecule is CC(C)C(=O)[C@@H]1CNCCN1C(=O)c1ncn(C2Cc3ccccc3C2)c1-c1ccccc1. The summed E-state index contributed by atoms with van der Waals surface area (Å²) in [6.45, 7) is 5.44. The third-order valence-corrected chi connectivity index (χ3v) is 6.87. The highest BCUT2D eigenvalue weighted by molar-refractivity contribution is 6.01. The van der Waals surface area contributed by atoms with Gasteiger partial charge in [-0.3, -0.25) is 9.59 Å². The number of rotatable bonds is 5. The molecule has 170 valence electrons. The summed E-state index contributed by atoms with van der Waals surface area (Å²) in [6, 6.07) is 18.3. The van der Waals surface area contributed by atoms with Gasteiger partial charge in [0.25, 0.3) is 5.91 Å². The van der Waals surface area contributed by atoms with Crippen LogP contribution in [0.25, 0.3) is 11.3 Å². The predicted molar refractivity (Wildman–Crippen MR) is 128 cm³/mol. The predicted octanol–water partition coefficient (Wildman–Crippen LogP) is 3.53. The number of aromatic nitrogens is 2. The highest BCUT2D eigenvalue weighted by atomic mass is 16.2. The number of ketones is 1. The summed E-state index contributed by atoms with van der Waals surface area (Å²) in [4.78, 5) is 33.1. The summed E-state index contributed by atoms with van der Waals surface area (Å²) >= 11 is 0. The Morgan fingerprint density at radius 2 is 1.67 bits per heavy atom. The van der Waals surface area contributed by atoms with Gasteiger partial charge in [0.2, 0.25) is 0 Å². The van der Waals surface area contributed by atoms with Gasteiger partial charge in [0.05, 0.1) is 12.0 Å². The summed E-state index contributed by atoms with van der Waals surface area (Å²) in [7, 11) is 0. The van der Waals surface area contributed by atoms with Gasteiger partial charge in [-0.1, -0.05) is 68.4 Å². The Balaban J connectivity index is 1.54. The Bertz CT molecular complexity index is 1140. The second-order valence-corrected chi connectivity index (χ2v) is 9.32. The van der Waals surface area contributed by atoms with Gasteiger partial charge in [-0.15, -0.1) is 0 Å². The smallest absolute Gasteiger partial charge is 0.275 e. The van der Waals surface area contributed by atoms with Crippen LogP contribution in [0.5, 0.6) is 0 Å². The fourth-order valence-electron chi connectivity index (χ4n) is 5.13. The van der Waals surface area contributed by atoms with Crippen molar-refractivity contribution in [3.05, 3.63) is 77.7 Å². The van der Waals surface area contributed by atoms with Crippen LogP contribution >= 0.6 is 0 Å². The number of benzene rings is 2. The van der Waals surface area contributed by atoms with Crippen LogP contribution in [0.15, 0.2) is 60.9 Å². The third-order valence-electron chi connectivity index (χ3n) is 6.87. The van der Waals surface area contributed by atoms with E-state index in [2.05, 4.69) is 39.1 Å². The van der Waals surface area contributed by atoms with Crippen LogP contribution in [0.1, 0.15) is 41.5 Å². The highest BCUT2D eigenvalue weighted by Gasteiger charge is 2.36. The zero-order valence-electron chi connectivity index (χ0n) is 19.2. The molecule has 0 bridgehead atoms. The highest BCUT2D eigenvalue weighted by Crippen LogP contribution is 2.35. The molecule has 0 unspecified atom stereocenters. The molecule has 1 aliphatic carbocycles. The van der Waals surface area contributed by atoms with Crippen LogP contribution in [0, 0.1) is 5.92 Å². The molecule has 1 N–H and O–H groups in total. The standard InChI is InChI=1S/C27H30N4O2/c1-18(2)26(32)23-16-28-12-13-30(23)27(33)24-25(19-8-4-3-5-9-19)31(17-29-24)22-14-20-10-6-7-11-21(20)15-22/h3-11,17-18,22-23,28H,12-16H2,1-2H3/t23-/m0/s1. The molecule has 1 saturated heterocycles. The van der Waals surface area contributed by atoms with E-state index in [0.29, 0.717) is 25.3 Å². The van der Waals surface area contributed by atoms with Gasteiger partial charge < -0.3 is 14.8 Å². The van der Waals surface area contributed by atoms with E-state index in [9.17, 15) is 9.59 Å². The number of hydrogen-bond donors (Lipinski definition) is 1. The molecule has 2 heterocycles. The second kappa shape index (κ2) is 8.94. The van der Waals surface area contributed by atoms with E-state index in [4.69, 9.17) is 0 Å². The Hall–Kier alpha value is -3.25. The summed E-state index contributed by atoms with van der Waals surface area (Å²) in [6.07, 6.45) is 3.65. The van der Waals surface area contributed by atoms with E-state index >= 15 is 0 Å². The largest absolute Gasteiger partial charge is 0.326 e. The Labute approximate surface area is 194 Å². The van der Waals surface area contributed by atoms with Gasteiger partial charge in [-0.2, -0.15) is 0 Å². The molecular weight excluding hydrogens is 412 g/mol. The van der Waals surface area contributed by atoms with Crippen LogP contribution in [-0.4, -0.2) is 51.8 Å². The first kappa shape index (κ1) is 21.6. The molecule has 0 saturated carbocycles. The maximum absolute atomic E-state index is 13.8. The first-order valence-corrected chi connectivity index (χ1v) is 11.8. The molecule has 1 aliphatic heterocycles. The monoisotopic (exact) mass is 442 g/mol. The minimum Gasteiger partial charge on any atom is -0.326 e. The molecule has 1 amide bonds. The van der Waals surface area contributed by atoms with Crippen molar-refractivity contribution in [2.45, 2.75) is 38.8 Å². The van der Waals surface area contributed by atoms with Crippen molar-refractivity contribution in [3.63, 3.8) is 0 Å². The molecule has 1 fully saturated rings. The number of carbonyl (C=O) groups is 2. The molecule has 2 aromatic carbocycles. The Morgan fingerprint density at radius 3 is 2.33 bits per heavy atom. The van der Waals surface area contributed by atoms with E-state index in [-0.39, 0.29) is 23.7 Å². The lowest BCUT2D eigenvalue weighted by Crippen LogP contribution is -2.57. The van der Waals surface area contributed by atoms with E-state index < -0.39 is 6.04 Å². The normalized spacial score (nSPS) is 18.5. The summed E-state index contributed by atoms with van der Waals surface area (Å²) in [5, 5.41) is 3.27. The molecule has 1 aromatic heterocycles. The fourth-order valence-corrected chi connectivity index (χ4v) is 5.13. The van der Waals surface area contributed by atoms with Crippen molar-refractivity contribution < 1.29 is 9.59 Å². The van der Waals surface area contributed by atoms with Crippen molar-refractivity contribution in [2.24, 2.45) is 5.92 Å². The van der Waals surface area contributed by atoms with Crippen molar-refractivity contribution in [1.29, 1.82) is 0 Å². The van der Waals surface area contributed by atoms with Gasteiger partial charge in [-0.25, -0.2) is 4.98 Å². The van der Waals surface area contributed by atoms with Crippen LogP contribution in [0.4, 0.5) is 0 Å². The minimum absolute atomic E-state index is 0.0856. The molecule has 0 spiro atoms. The molecule has 6 nitrogen and oxygen atoms in total. The quantitative estimate of drug-likeness (QED) is 0.657. The van der Waals surface area contributed by atoms with Crippen molar-refractivity contribution in [2.75, 3.05) is 19.6 Å². The van der Waals surface area contributed by atoms with E-state index in [1.165, 1.54) is 11.1 Å². The lowest BCUT2D eigenvalue weighted by Gasteiger charge is -2.36. The molecular formula is C27H30N4O2. The Kier molecular flexibility index (Phi) is 5.85. The molecule has 3 aromatic rings. The lowest BCUT2D eigenvalue weighted by atomic mass is 9.98. The van der Waals surface area contributed by atoms with Crippen LogP contribution in [-0.2, 0) is 17.6 Å². The zero-order valence-corrected chi connectivity index (χ0v) is 19.2. The van der Waals surface area contributed by atoms with Gasteiger partial charge in [0.15, 0.2) is 11.5 Å². The molecule has 5 rings (SSSR count). The van der Waals surface area contributed by atoms with Gasteiger partial charge in [-0.05, 0) is 24.0 Å². The number of fused-ring (bicyclic) bond motifs is 1. The molecule has 0 radical (unpaired) electrons. The number of piperazine rings is 1.